The van der Waals surface area contributed by atoms with Crippen molar-refractivity contribution in [3.05, 3.63) is 22.2 Å². The van der Waals surface area contributed by atoms with Crippen LogP contribution in [0.2, 0.25) is 0 Å². The Balaban J connectivity index is 2.08. The highest BCUT2D eigenvalue weighted by molar-refractivity contribution is 5.01. The van der Waals surface area contributed by atoms with Gasteiger partial charge in [-0.3, -0.25) is 0 Å². The Morgan fingerprint density at radius 2 is 2.62 bits per heavy atom. The van der Waals surface area contributed by atoms with Gasteiger partial charge in [-0.15, -0.1) is 0 Å². The van der Waals surface area contributed by atoms with E-state index in [4.69, 9.17) is 4.52 Å². The summed E-state index contributed by atoms with van der Waals surface area (Å²) in [6.07, 6.45) is 3.32. The smallest absolute Gasteiger partial charge is 0.337 e. The summed E-state index contributed by atoms with van der Waals surface area (Å²) in [6, 6.07) is 2.09. The normalized spacial score (nSPS) is 22.4. The molecular formula is C9H14N2O2. The Morgan fingerprint density at radius 1 is 1.77 bits per heavy atom. The van der Waals surface area contributed by atoms with Gasteiger partial charge in [0.1, 0.15) is 0 Å². The Hall–Kier alpha value is -1.03. The molecule has 1 N–H and O–H groups in total. The van der Waals surface area contributed by atoms with Gasteiger partial charge < -0.3 is 9.84 Å². The minimum atomic E-state index is -0.254. The van der Waals surface area contributed by atoms with E-state index in [1.165, 1.54) is 12.8 Å². The molecule has 1 unspecified atom stereocenters. The molecule has 1 saturated heterocycles. The van der Waals surface area contributed by atoms with Crippen molar-refractivity contribution >= 4 is 0 Å². The molecule has 2 heterocycles. The molecule has 1 aromatic heterocycles. The average Bonchev–Trinajstić information content (AvgIpc) is 2.63. The summed E-state index contributed by atoms with van der Waals surface area (Å²) in [5.74, 6) is 0. The lowest BCUT2D eigenvalue weighted by Gasteiger charge is -2.08. The van der Waals surface area contributed by atoms with E-state index in [9.17, 15) is 4.79 Å². The van der Waals surface area contributed by atoms with Crippen molar-refractivity contribution in [2.75, 3.05) is 6.54 Å². The first-order chi connectivity index (χ1) is 6.25. The molecule has 1 atom stereocenters. The van der Waals surface area contributed by atoms with Crippen LogP contribution in [0.25, 0.3) is 0 Å². The van der Waals surface area contributed by atoms with Crippen LogP contribution in [0.1, 0.15) is 18.5 Å². The summed E-state index contributed by atoms with van der Waals surface area (Å²) in [5, 5.41) is 3.38. The van der Waals surface area contributed by atoms with Crippen LogP contribution in [-0.4, -0.2) is 17.3 Å². The Bertz CT molecular complexity index is 334. The largest absolute Gasteiger partial charge is 0.357 e. The molecule has 4 heteroatoms. The van der Waals surface area contributed by atoms with E-state index in [1.807, 2.05) is 0 Å². The number of aromatic nitrogens is 1. The summed E-state index contributed by atoms with van der Waals surface area (Å²) in [5.41, 5.74) is 0.722. The van der Waals surface area contributed by atoms with Gasteiger partial charge in [0.15, 0.2) is 0 Å². The Morgan fingerprint density at radius 3 is 3.15 bits per heavy atom. The minimum Gasteiger partial charge on any atom is -0.337 e. The van der Waals surface area contributed by atoms with Gasteiger partial charge in [-0.25, -0.2) is 9.53 Å². The molecule has 0 spiro atoms. The highest BCUT2D eigenvalue weighted by Crippen LogP contribution is 2.10. The van der Waals surface area contributed by atoms with Crippen LogP contribution in [0.3, 0.4) is 0 Å². The second-order valence-electron chi connectivity index (χ2n) is 3.54. The maximum absolute atomic E-state index is 10.9. The van der Waals surface area contributed by atoms with E-state index in [1.54, 1.807) is 17.9 Å². The molecule has 2 rings (SSSR count). The molecule has 0 radical (unpaired) electrons. The lowest BCUT2D eigenvalue weighted by Crippen LogP contribution is -2.24. The molecule has 1 aliphatic heterocycles. The molecule has 0 aromatic carbocycles. The molecule has 1 aliphatic rings. The fourth-order valence-electron chi connectivity index (χ4n) is 1.82. The molecule has 0 amide bonds. The standard InChI is InChI=1S/C9H14N2O2/c1-11-8(6-9(12)13-11)5-7-3-2-4-10-7/h6-7,10H,2-5H2,1H3. The summed E-state index contributed by atoms with van der Waals surface area (Å²) in [4.78, 5) is 10.9. The first kappa shape index (κ1) is 8.56. The summed E-state index contributed by atoms with van der Waals surface area (Å²) in [7, 11) is 1.77. The SMILES string of the molecule is Cn1oc(=O)cc1CC1CCCN1. The van der Waals surface area contributed by atoms with Crippen molar-refractivity contribution < 1.29 is 4.52 Å². The number of rotatable bonds is 2. The molecule has 1 aromatic rings. The predicted octanol–water partition coefficient (Wildman–Crippen LogP) is 0.273. The van der Waals surface area contributed by atoms with Crippen LogP contribution in [0.15, 0.2) is 15.4 Å². The summed E-state index contributed by atoms with van der Waals surface area (Å²) in [6.45, 7) is 1.09. The van der Waals surface area contributed by atoms with E-state index in [0.717, 1.165) is 18.7 Å². The molecule has 1 fully saturated rings. The van der Waals surface area contributed by atoms with Crippen molar-refractivity contribution in [3.8, 4) is 0 Å². The highest BCUT2D eigenvalue weighted by Gasteiger charge is 2.16. The van der Waals surface area contributed by atoms with E-state index in [2.05, 4.69) is 5.32 Å². The van der Waals surface area contributed by atoms with Gasteiger partial charge in [-0.05, 0) is 19.4 Å². The topological polar surface area (TPSA) is 47.2 Å². The van der Waals surface area contributed by atoms with Gasteiger partial charge in [0.2, 0.25) is 0 Å². The molecule has 0 aliphatic carbocycles. The van der Waals surface area contributed by atoms with Crippen LogP contribution in [0, 0.1) is 0 Å². The average molecular weight is 182 g/mol. The summed E-state index contributed by atoms with van der Waals surface area (Å²) >= 11 is 0. The van der Waals surface area contributed by atoms with Gasteiger partial charge in [0, 0.05) is 25.6 Å². The number of hydrogen-bond donors (Lipinski definition) is 1. The van der Waals surface area contributed by atoms with Gasteiger partial charge in [-0.2, -0.15) is 0 Å². The van der Waals surface area contributed by atoms with Crippen molar-refractivity contribution in [1.29, 1.82) is 0 Å². The monoisotopic (exact) mass is 182 g/mol. The first-order valence-electron chi connectivity index (χ1n) is 4.65. The summed E-state index contributed by atoms with van der Waals surface area (Å²) < 4.78 is 6.42. The van der Waals surface area contributed by atoms with Gasteiger partial charge in [-0.1, -0.05) is 0 Å². The number of aryl methyl sites for hydroxylation is 1. The van der Waals surface area contributed by atoms with Crippen molar-refractivity contribution in [1.82, 2.24) is 10.1 Å². The van der Waals surface area contributed by atoms with Gasteiger partial charge in [0.25, 0.3) is 0 Å². The van der Waals surface area contributed by atoms with Crippen LogP contribution in [0.4, 0.5) is 0 Å². The maximum Gasteiger partial charge on any atom is 0.357 e. The molecule has 13 heavy (non-hydrogen) atoms. The highest BCUT2D eigenvalue weighted by atomic mass is 16.5. The van der Waals surface area contributed by atoms with Crippen LogP contribution in [0.5, 0.6) is 0 Å². The maximum atomic E-state index is 10.9. The van der Waals surface area contributed by atoms with Crippen molar-refractivity contribution in [2.45, 2.75) is 25.3 Å². The molecule has 4 nitrogen and oxygen atoms in total. The fraction of sp³-hybridized carbons (Fsp3) is 0.667. The zero-order valence-corrected chi connectivity index (χ0v) is 7.75. The lowest BCUT2D eigenvalue weighted by atomic mass is 10.1. The lowest BCUT2D eigenvalue weighted by molar-refractivity contribution is 0.275. The van der Waals surface area contributed by atoms with Gasteiger partial charge >= 0.3 is 5.63 Å². The second kappa shape index (κ2) is 3.38. The van der Waals surface area contributed by atoms with Crippen LogP contribution >= 0.6 is 0 Å². The quantitative estimate of drug-likeness (QED) is 0.714. The Labute approximate surface area is 76.5 Å². The third-order valence-electron chi connectivity index (χ3n) is 2.53. The minimum absolute atomic E-state index is 0.254. The molecular weight excluding hydrogens is 168 g/mol. The molecule has 72 valence electrons. The third kappa shape index (κ3) is 1.83. The number of nitrogens with one attached hydrogen (secondary N) is 1. The van der Waals surface area contributed by atoms with E-state index >= 15 is 0 Å². The molecule has 0 saturated carbocycles. The number of hydrogen-bond acceptors (Lipinski definition) is 3. The zero-order valence-electron chi connectivity index (χ0n) is 7.75. The van der Waals surface area contributed by atoms with E-state index in [-0.39, 0.29) is 5.63 Å². The van der Waals surface area contributed by atoms with Crippen molar-refractivity contribution in [2.24, 2.45) is 7.05 Å². The second-order valence-corrected chi connectivity index (χ2v) is 3.54. The van der Waals surface area contributed by atoms with Gasteiger partial charge in [0.05, 0.1) is 5.69 Å². The Kier molecular flexibility index (Phi) is 2.22. The van der Waals surface area contributed by atoms with Crippen LogP contribution < -0.4 is 10.9 Å². The van der Waals surface area contributed by atoms with Crippen LogP contribution in [-0.2, 0) is 13.5 Å². The third-order valence-corrected chi connectivity index (χ3v) is 2.53. The fourth-order valence-corrected chi connectivity index (χ4v) is 1.82. The van der Waals surface area contributed by atoms with E-state index < -0.39 is 0 Å². The number of nitrogens with zero attached hydrogens (tertiary/aromatic N) is 1. The first-order valence-corrected chi connectivity index (χ1v) is 4.65. The zero-order chi connectivity index (χ0) is 9.26. The molecule has 0 bridgehead atoms. The predicted molar refractivity (Wildman–Crippen MR) is 48.7 cm³/mol. The van der Waals surface area contributed by atoms with E-state index in [0.29, 0.717) is 6.04 Å². The van der Waals surface area contributed by atoms with Crippen molar-refractivity contribution in [3.63, 3.8) is 0 Å².